The van der Waals surface area contributed by atoms with E-state index >= 15 is 0 Å². The number of para-hydroxylation sites is 2. The van der Waals surface area contributed by atoms with Crippen molar-refractivity contribution in [3.05, 3.63) is 59.7 Å². The molecule has 2 aromatic heterocycles. The normalized spacial score (nSPS) is 11.7. The number of nitriles is 1. The molecule has 0 spiro atoms. The highest BCUT2D eigenvalue weighted by Gasteiger charge is 2.19. The average Bonchev–Trinajstić information content (AvgIpc) is 3.09. The summed E-state index contributed by atoms with van der Waals surface area (Å²) in [5.41, 5.74) is 8.98. The van der Waals surface area contributed by atoms with E-state index in [0.29, 0.717) is 35.2 Å². The fourth-order valence-corrected chi connectivity index (χ4v) is 4.40. The number of aryl methyl sites for hydroxylation is 1. The molecule has 0 atom stereocenters. The maximum absolute atomic E-state index is 12.3. The molecule has 174 valence electrons. The van der Waals surface area contributed by atoms with Gasteiger partial charge in [-0.15, -0.1) is 0 Å². The first kappa shape index (κ1) is 23.2. The Labute approximate surface area is 196 Å². The molecule has 4 aromatic rings. The third-order valence-electron chi connectivity index (χ3n) is 5.33. The van der Waals surface area contributed by atoms with Crippen LogP contribution in [0.15, 0.2) is 53.4 Å². The fraction of sp³-hybridized carbons (Fsp3) is 0.217. The van der Waals surface area contributed by atoms with Gasteiger partial charge in [0.2, 0.25) is 10.0 Å². The summed E-state index contributed by atoms with van der Waals surface area (Å²) in [6.45, 7) is 0.461. The second-order valence-electron chi connectivity index (χ2n) is 7.71. The molecule has 10 nitrogen and oxygen atoms in total. The molecule has 11 heteroatoms. The Morgan fingerprint density at radius 1 is 1.12 bits per heavy atom. The van der Waals surface area contributed by atoms with Gasteiger partial charge in [0.25, 0.3) is 0 Å². The van der Waals surface area contributed by atoms with Crippen LogP contribution in [0.25, 0.3) is 22.2 Å². The van der Waals surface area contributed by atoms with Crippen LogP contribution in [0.4, 0.5) is 5.82 Å². The predicted molar refractivity (Wildman–Crippen MR) is 126 cm³/mol. The van der Waals surface area contributed by atoms with Crippen LogP contribution in [0, 0.1) is 11.3 Å². The van der Waals surface area contributed by atoms with E-state index in [1.807, 2.05) is 24.3 Å². The lowest BCUT2D eigenvalue weighted by atomic mass is 10.2. The summed E-state index contributed by atoms with van der Waals surface area (Å²) in [6, 6.07) is 15.0. The molecule has 0 amide bonds. The number of nitrogens with two attached hydrogens (primary N) is 1. The van der Waals surface area contributed by atoms with E-state index in [-0.39, 0.29) is 28.4 Å². The number of hydrogen-bond acceptors (Lipinski definition) is 8. The van der Waals surface area contributed by atoms with Crippen molar-refractivity contribution in [2.75, 3.05) is 26.4 Å². The molecular weight excluding hydrogens is 456 g/mol. The molecule has 0 aliphatic heterocycles. The molecule has 0 aliphatic carbocycles. The van der Waals surface area contributed by atoms with Crippen molar-refractivity contribution in [3.63, 3.8) is 0 Å². The van der Waals surface area contributed by atoms with Gasteiger partial charge in [0, 0.05) is 20.6 Å². The second kappa shape index (κ2) is 9.09. The van der Waals surface area contributed by atoms with Crippen molar-refractivity contribution >= 4 is 44.0 Å². The van der Waals surface area contributed by atoms with Crippen LogP contribution in [-0.4, -0.2) is 53.9 Å². The summed E-state index contributed by atoms with van der Waals surface area (Å²) in [7, 11) is -0.702. The molecule has 0 bridgehead atoms. The van der Waals surface area contributed by atoms with Gasteiger partial charge in [-0.25, -0.2) is 27.5 Å². The van der Waals surface area contributed by atoms with Crippen molar-refractivity contribution in [2.45, 2.75) is 17.9 Å². The van der Waals surface area contributed by atoms with Gasteiger partial charge in [0.1, 0.15) is 23.0 Å². The molecule has 2 heterocycles. The number of nitrogens with zero attached hydrogens (tertiary/aromatic N) is 5. The van der Waals surface area contributed by atoms with Crippen LogP contribution in [0.3, 0.4) is 0 Å². The van der Waals surface area contributed by atoms with Crippen LogP contribution in [-0.2, 0) is 21.3 Å². The lowest BCUT2D eigenvalue weighted by Crippen LogP contribution is -2.22. The van der Waals surface area contributed by atoms with Gasteiger partial charge in [0.05, 0.1) is 28.1 Å². The summed E-state index contributed by atoms with van der Waals surface area (Å²) in [5.74, 6) is -0.306. The van der Waals surface area contributed by atoms with E-state index in [4.69, 9.17) is 10.5 Å². The number of hydrogen-bond donors (Lipinski definition) is 1. The monoisotopic (exact) mass is 478 g/mol. The van der Waals surface area contributed by atoms with E-state index in [1.165, 1.54) is 38.4 Å². The molecule has 0 aliphatic rings. The molecule has 34 heavy (non-hydrogen) atoms. The van der Waals surface area contributed by atoms with Gasteiger partial charge >= 0.3 is 5.97 Å². The van der Waals surface area contributed by atoms with E-state index in [9.17, 15) is 18.5 Å². The van der Waals surface area contributed by atoms with E-state index in [2.05, 4.69) is 16.0 Å². The zero-order chi connectivity index (χ0) is 24.5. The number of rotatable bonds is 7. The summed E-state index contributed by atoms with van der Waals surface area (Å²) in [4.78, 5) is 21.6. The zero-order valence-corrected chi connectivity index (χ0v) is 19.4. The lowest BCUT2D eigenvalue weighted by Gasteiger charge is -2.11. The number of carbonyl (C=O) groups excluding carboxylic acids is 1. The maximum atomic E-state index is 12.3. The number of anilines is 1. The Morgan fingerprint density at radius 2 is 1.76 bits per heavy atom. The smallest absolute Gasteiger partial charge is 0.338 e. The maximum Gasteiger partial charge on any atom is 0.338 e. The van der Waals surface area contributed by atoms with E-state index in [0.717, 1.165) is 4.31 Å². The topological polar surface area (TPSA) is 144 Å². The molecular formula is C23H22N6O4S. The highest BCUT2D eigenvalue weighted by Crippen LogP contribution is 2.27. The summed E-state index contributed by atoms with van der Waals surface area (Å²) in [6.07, 6.45) is 0.423. The van der Waals surface area contributed by atoms with E-state index < -0.39 is 16.0 Å². The number of esters is 1. The van der Waals surface area contributed by atoms with Crippen molar-refractivity contribution in [1.82, 2.24) is 18.8 Å². The molecule has 0 saturated heterocycles. The summed E-state index contributed by atoms with van der Waals surface area (Å²) in [5, 5.41) is 9.55. The first-order valence-electron chi connectivity index (χ1n) is 10.4. The third kappa shape index (κ3) is 4.16. The molecule has 0 unspecified atom stereocenters. The van der Waals surface area contributed by atoms with Crippen LogP contribution in [0.2, 0.25) is 0 Å². The number of aromatic nitrogens is 3. The van der Waals surface area contributed by atoms with Crippen LogP contribution >= 0.6 is 0 Å². The SMILES string of the molecule is CN(C)S(=O)(=O)c1ccc(C(=O)OCCCn2c(N)c(C#N)c3nc4ccccc4nc32)cc1. The Morgan fingerprint density at radius 3 is 2.38 bits per heavy atom. The minimum atomic E-state index is -3.57. The summed E-state index contributed by atoms with van der Waals surface area (Å²) < 4.78 is 32.4. The van der Waals surface area contributed by atoms with Gasteiger partial charge in [0.15, 0.2) is 5.65 Å². The lowest BCUT2D eigenvalue weighted by molar-refractivity contribution is 0.0496. The molecule has 0 saturated carbocycles. The Balaban J connectivity index is 1.45. The molecule has 4 rings (SSSR count). The van der Waals surface area contributed by atoms with Crippen molar-refractivity contribution < 1.29 is 17.9 Å². The van der Waals surface area contributed by atoms with Gasteiger partial charge in [-0.1, -0.05) is 12.1 Å². The van der Waals surface area contributed by atoms with Crippen LogP contribution in [0.1, 0.15) is 22.3 Å². The average molecular weight is 479 g/mol. The highest BCUT2D eigenvalue weighted by molar-refractivity contribution is 7.89. The molecule has 2 aromatic carbocycles. The van der Waals surface area contributed by atoms with Gasteiger partial charge < -0.3 is 15.0 Å². The largest absolute Gasteiger partial charge is 0.462 e. The number of ether oxygens (including phenoxy) is 1. The van der Waals surface area contributed by atoms with Crippen molar-refractivity contribution in [1.29, 1.82) is 5.26 Å². The van der Waals surface area contributed by atoms with Gasteiger partial charge in [-0.2, -0.15) is 5.26 Å². The first-order chi connectivity index (χ1) is 16.2. The van der Waals surface area contributed by atoms with Gasteiger partial charge in [-0.05, 0) is 42.8 Å². The zero-order valence-electron chi connectivity index (χ0n) is 18.6. The molecule has 0 fully saturated rings. The van der Waals surface area contributed by atoms with Crippen molar-refractivity contribution in [3.8, 4) is 6.07 Å². The number of nitrogen functional groups attached to an aromatic ring is 1. The first-order valence-corrected chi connectivity index (χ1v) is 11.8. The predicted octanol–water partition coefficient (Wildman–Crippen LogP) is 2.54. The fourth-order valence-electron chi connectivity index (χ4n) is 3.50. The Kier molecular flexibility index (Phi) is 6.19. The Bertz CT molecular complexity index is 1540. The quantitative estimate of drug-likeness (QED) is 0.315. The van der Waals surface area contributed by atoms with Crippen molar-refractivity contribution in [2.24, 2.45) is 0 Å². The van der Waals surface area contributed by atoms with Crippen LogP contribution < -0.4 is 5.73 Å². The standard InChI is InChI=1S/C23H22N6O4S/c1-28(2)34(31,32)16-10-8-15(9-11-16)23(30)33-13-5-12-29-21(25)17(14-24)20-22(29)27-19-7-4-3-6-18(19)26-20/h3-4,6-11H,5,12-13,25H2,1-2H3. The number of benzene rings is 2. The minimum Gasteiger partial charge on any atom is -0.462 e. The van der Waals surface area contributed by atoms with Crippen LogP contribution in [0.5, 0.6) is 0 Å². The number of sulfonamides is 1. The summed E-state index contributed by atoms with van der Waals surface area (Å²) >= 11 is 0. The van der Waals surface area contributed by atoms with E-state index in [1.54, 1.807) is 4.57 Å². The third-order valence-corrected chi connectivity index (χ3v) is 7.16. The Hall–Kier alpha value is -4.01. The molecule has 0 radical (unpaired) electrons. The number of carbonyl (C=O) groups is 1. The van der Waals surface area contributed by atoms with Gasteiger partial charge in [-0.3, -0.25) is 0 Å². The minimum absolute atomic E-state index is 0.0888. The molecule has 2 N–H and O–H groups in total. The highest BCUT2D eigenvalue weighted by atomic mass is 32.2. The number of fused-ring (bicyclic) bond motifs is 2. The second-order valence-corrected chi connectivity index (χ2v) is 9.86.